The van der Waals surface area contributed by atoms with Crippen molar-refractivity contribution >= 4 is 5.91 Å². The molecular weight excluding hydrogens is 338 g/mol. The third kappa shape index (κ3) is 3.78. The van der Waals surface area contributed by atoms with E-state index < -0.39 is 0 Å². The van der Waals surface area contributed by atoms with Gasteiger partial charge < -0.3 is 14.7 Å². The second-order valence-corrected chi connectivity index (χ2v) is 7.81. The van der Waals surface area contributed by atoms with E-state index in [1.807, 2.05) is 23.1 Å². The van der Waals surface area contributed by atoms with Crippen LogP contribution in [0.3, 0.4) is 0 Å². The number of morpholine rings is 1. The Labute approximate surface area is 160 Å². The molecule has 0 unspecified atom stereocenters. The molecule has 2 aliphatic rings. The van der Waals surface area contributed by atoms with Crippen molar-refractivity contribution in [1.82, 2.24) is 4.90 Å². The zero-order valence-corrected chi connectivity index (χ0v) is 15.8. The minimum Gasteiger partial charge on any atom is -0.396 e. The Bertz CT molecular complexity index is 802. The summed E-state index contributed by atoms with van der Waals surface area (Å²) in [5.41, 5.74) is 4.29. The summed E-state index contributed by atoms with van der Waals surface area (Å²) in [6.45, 7) is 3.45. The number of carbonyl (C=O) groups is 1. The first kappa shape index (κ1) is 18.2. The zero-order chi connectivity index (χ0) is 18.8. The molecule has 1 aliphatic heterocycles. The molecule has 1 aliphatic carbocycles. The standard InChI is InChI=1S/C23H27NO3/c1-16-6-8-17(9-7-16)12-19-4-2-3-5-20(19)23(26)24-10-11-27-22-14-18(15-25)13-21(22)24/h2-9,18,21-22,25H,10-15H2,1H3/t18-,21+,22+/m1/s1. The minimum atomic E-state index is 0.0594. The van der Waals surface area contributed by atoms with Gasteiger partial charge >= 0.3 is 0 Å². The number of fused-ring (bicyclic) bond motifs is 1. The molecule has 0 radical (unpaired) electrons. The summed E-state index contributed by atoms with van der Waals surface area (Å²) >= 11 is 0. The lowest BCUT2D eigenvalue weighted by Crippen LogP contribution is -2.51. The Balaban J connectivity index is 1.57. The highest BCUT2D eigenvalue weighted by atomic mass is 16.5. The van der Waals surface area contributed by atoms with E-state index in [2.05, 4.69) is 37.3 Å². The highest BCUT2D eigenvalue weighted by Gasteiger charge is 2.42. The molecule has 1 heterocycles. The van der Waals surface area contributed by atoms with E-state index in [4.69, 9.17) is 4.74 Å². The number of rotatable bonds is 4. The molecule has 4 heteroatoms. The molecule has 4 nitrogen and oxygen atoms in total. The Hall–Kier alpha value is -2.17. The Kier molecular flexibility index (Phi) is 5.28. The molecule has 4 rings (SSSR count). The summed E-state index contributed by atoms with van der Waals surface area (Å²) < 4.78 is 5.88. The highest BCUT2D eigenvalue weighted by Crippen LogP contribution is 2.35. The van der Waals surface area contributed by atoms with Gasteiger partial charge in [0.25, 0.3) is 5.91 Å². The van der Waals surface area contributed by atoms with E-state index in [-0.39, 0.29) is 30.6 Å². The number of aliphatic hydroxyl groups is 1. The van der Waals surface area contributed by atoms with Crippen molar-refractivity contribution in [2.24, 2.45) is 5.92 Å². The molecule has 3 atom stereocenters. The number of aliphatic hydroxyl groups excluding tert-OH is 1. The smallest absolute Gasteiger partial charge is 0.254 e. The number of ether oxygens (including phenoxy) is 1. The Morgan fingerprint density at radius 1 is 1.15 bits per heavy atom. The summed E-state index contributed by atoms with van der Waals surface area (Å²) in [7, 11) is 0. The van der Waals surface area contributed by atoms with Crippen molar-refractivity contribution in [2.45, 2.75) is 38.3 Å². The molecule has 1 saturated carbocycles. The average molecular weight is 365 g/mol. The molecular formula is C23H27NO3. The van der Waals surface area contributed by atoms with Crippen molar-refractivity contribution in [3.8, 4) is 0 Å². The van der Waals surface area contributed by atoms with E-state index in [1.165, 1.54) is 11.1 Å². The van der Waals surface area contributed by atoms with Crippen molar-refractivity contribution in [3.05, 3.63) is 70.8 Å². The second kappa shape index (κ2) is 7.83. The van der Waals surface area contributed by atoms with Crippen molar-refractivity contribution in [2.75, 3.05) is 19.8 Å². The maximum absolute atomic E-state index is 13.4. The third-order valence-corrected chi connectivity index (χ3v) is 5.92. The third-order valence-electron chi connectivity index (χ3n) is 5.92. The van der Waals surface area contributed by atoms with Crippen LogP contribution >= 0.6 is 0 Å². The van der Waals surface area contributed by atoms with Gasteiger partial charge in [-0.1, -0.05) is 48.0 Å². The first-order valence-corrected chi connectivity index (χ1v) is 9.82. The summed E-state index contributed by atoms with van der Waals surface area (Å²) in [6, 6.07) is 16.5. The maximum atomic E-state index is 13.4. The lowest BCUT2D eigenvalue weighted by molar-refractivity contribution is -0.0449. The molecule has 2 aromatic carbocycles. The molecule has 1 saturated heterocycles. The van der Waals surface area contributed by atoms with Crippen LogP contribution in [0.15, 0.2) is 48.5 Å². The minimum absolute atomic E-state index is 0.0594. The molecule has 1 N–H and O–H groups in total. The number of amides is 1. The number of aryl methyl sites for hydroxylation is 1. The fourth-order valence-electron chi connectivity index (χ4n) is 4.42. The van der Waals surface area contributed by atoms with E-state index in [0.717, 1.165) is 30.4 Å². The molecule has 0 spiro atoms. The number of benzene rings is 2. The summed E-state index contributed by atoms with van der Waals surface area (Å²) in [5, 5.41) is 9.52. The second-order valence-electron chi connectivity index (χ2n) is 7.81. The van der Waals surface area contributed by atoms with Gasteiger partial charge in [-0.15, -0.1) is 0 Å². The van der Waals surface area contributed by atoms with E-state index in [9.17, 15) is 9.90 Å². The van der Waals surface area contributed by atoms with Crippen LogP contribution in [0.2, 0.25) is 0 Å². The van der Waals surface area contributed by atoms with Crippen LogP contribution in [0.25, 0.3) is 0 Å². The molecule has 1 amide bonds. The molecule has 2 aromatic rings. The van der Waals surface area contributed by atoms with Gasteiger partial charge in [-0.2, -0.15) is 0 Å². The predicted octanol–water partition coefficient (Wildman–Crippen LogP) is 3.20. The Morgan fingerprint density at radius 3 is 2.70 bits per heavy atom. The van der Waals surface area contributed by atoms with Crippen LogP contribution in [0.1, 0.15) is 39.9 Å². The number of nitrogens with zero attached hydrogens (tertiary/aromatic N) is 1. The fourth-order valence-corrected chi connectivity index (χ4v) is 4.42. The van der Waals surface area contributed by atoms with E-state index >= 15 is 0 Å². The molecule has 27 heavy (non-hydrogen) atoms. The van der Waals surface area contributed by atoms with Gasteiger partial charge in [-0.3, -0.25) is 4.79 Å². The van der Waals surface area contributed by atoms with Crippen LogP contribution in [0.4, 0.5) is 0 Å². The van der Waals surface area contributed by atoms with Crippen molar-refractivity contribution < 1.29 is 14.6 Å². The van der Waals surface area contributed by atoms with Gasteiger partial charge in [0.15, 0.2) is 0 Å². The lowest BCUT2D eigenvalue weighted by atomic mass is 9.97. The predicted molar refractivity (Wildman–Crippen MR) is 105 cm³/mol. The summed E-state index contributed by atoms with van der Waals surface area (Å²) in [5.74, 6) is 0.325. The number of hydrogen-bond donors (Lipinski definition) is 1. The normalized spacial score (nSPS) is 24.7. The van der Waals surface area contributed by atoms with Crippen molar-refractivity contribution in [1.29, 1.82) is 0 Å². The first-order valence-electron chi connectivity index (χ1n) is 9.82. The van der Waals surface area contributed by atoms with Gasteiger partial charge in [0.05, 0.1) is 18.8 Å². The largest absolute Gasteiger partial charge is 0.396 e. The van der Waals surface area contributed by atoms with Gasteiger partial charge in [-0.25, -0.2) is 0 Å². The molecule has 0 bridgehead atoms. The van der Waals surface area contributed by atoms with Crippen molar-refractivity contribution in [3.63, 3.8) is 0 Å². The van der Waals surface area contributed by atoms with Crippen LogP contribution in [0.5, 0.6) is 0 Å². The van der Waals surface area contributed by atoms with E-state index in [0.29, 0.717) is 13.2 Å². The maximum Gasteiger partial charge on any atom is 0.254 e. The first-order chi connectivity index (χ1) is 13.2. The summed E-state index contributed by atoms with van der Waals surface area (Å²) in [4.78, 5) is 15.4. The quantitative estimate of drug-likeness (QED) is 0.905. The Morgan fingerprint density at radius 2 is 1.93 bits per heavy atom. The van der Waals surface area contributed by atoms with Gasteiger partial charge in [0.2, 0.25) is 0 Å². The molecule has 2 fully saturated rings. The molecule has 0 aromatic heterocycles. The van der Waals surface area contributed by atoms with Crippen LogP contribution < -0.4 is 0 Å². The zero-order valence-electron chi connectivity index (χ0n) is 15.8. The topological polar surface area (TPSA) is 49.8 Å². The monoisotopic (exact) mass is 365 g/mol. The van der Waals surface area contributed by atoms with Crippen LogP contribution in [-0.4, -0.2) is 47.8 Å². The highest BCUT2D eigenvalue weighted by molar-refractivity contribution is 5.96. The number of carbonyl (C=O) groups excluding carboxylic acids is 1. The van der Waals surface area contributed by atoms with Gasteiger partial charge in [-0.05, 0) is 49.3 Å². The van der Waals surface area contributed by atoms with Crippen LogP contribution in [-0.2, 0) is 11.2 Å². The van der Waals surface area contributed by atoms with E-state index in [1.54, 1.807) is 0 Å². The fraction of sp³-hybridized carbons (Fsp3) is 0.435. The number of hydrogen-bond acceptors (Lipinski definition) is 3. The lowest BCUT2D eigenvalue weighted by Gasteiger charge is -2.38. The van der Waals surface area contributed by atoms with Gasteiger partial charge in [0, 0.05) is 18.7 Å². The SMILES string of the molecule is Cc1ccc(Cc2ccccc2C(=O)N2CCO[C@H]3C[C@H](CO)C[C@@H]32)cc1. The van der Waals surface area contributed by atoms with Crippen LogP contribution in [0, 0.1) is 12.8 Å². The molecule has 142 valence electrons. The van der Waals surface area contributed by atoms with Gasteiger partial charge in [0.1, 0.15) is 0 Å². The summed E-state index contributed by atoms with van der Waals surface area (Å²) in [6.07, 6.45) is 2.48. The average Bonchev–Trinajstić information content (AvgIpc) is 3.13.